The van der Waals surface area contributed by atoms with Crippen molar-refractivity contribution in [3.63, 3.8) is 0 Å². The maximum Gasteiger partial charge on any atom is 0.227 e. The molecule has 0 unspecified atom stereocenters. The van der Waals surface area contributed by atoms with Crippen molar-refractivity contribution in [1.29, 1.82) is 0 Å². The summed E-state index contributed by atoms with van der Waals surface area (Å²) >= 11 is 0. The Balaban J connectivity index is 1.61. The predicted molar refractivity (Wildman–Crippen MR) is 96.3 cm³/mol. The van der Waals surface area contributed by atoms with Crippen LogP contribution in [0.4, 0.5) is 0 Å². The molecule has 0 N–H and O–H groups in total. The van der Waals surface area contributed by atoms with Crippen LogP contribution >= 0.6 is 0 Å². The molecule has 0 aliphatic heterocycles. The fraction of sp³-hybridized carbons (Fsp3) is 0.333. The van der Waals surface area contributed by atoms with Gasteiger partial charge in [0.2, 0.25) is 5.89 Å². The molecule has 124 valence electrons. The number of aromatic nitrogens is 2. The van der Waals surface area contributed by atoms with E-state index in [1.165, 1.54) is 32.1 Å². The van der Waals surface area contributed by atoms with E-state index in [9.17, 15) is 0 Å². The highest BCUT2D eigenvalue weighted by Gasteiger charge is 2.10. The Morgan fingerprint density at radius 1 is 0.875 bits per heavy atom. The highest BCUT2D eigenvalue weighted by molar-refractivity contribution is 5.60. The van der Waals surface area contributed by atoms with E-state index in [0.717, 1.165) is 23.4 Å². The molecule has 2 aromatic heterocycles. The van der Waals surface area contributed by atoms with Crippen LogP contribution in [0, 0.1) is 0 Å². The van der Waals surface area contributed by atoms with E-state index in [-0.39, 0.29) is 0 Å². The minimum Gasteiger partial charge on any atom is -0.436 e. The molecule has 3 heteroatoms. The van der Waals surface area contributed by atoms with Crippen molar-refractivity contribution in [2.75, 3.05) is 0 Å². The minimum absolute atomic E-state index is 0.670. The molecule has 0 aliphatic carbocycles. The third-order valence-corrected chi connectivity index (χ3v) is 4.22. The van der Waals surface area contributed by atoms with Crippen LogP contribution in [-0.4, -0.2) is 4.98 Å². The van der Waals surface area contributed by atoms with Gasteiger partial charge in [-0.05, 0) is 6.42 Å². The SMILES string of the molecule is CCCCCCC[n+]1ccc(-c2ncc(-c3ccccc3)o2)cc1. The number of hydrogen-bond donors (Lipinski definition) is 0. The zero-order valence-corrected chi connectivity index (χ0v) is 14.3. The Hall–Kier alpha value is -2.42. The fourth-order valence-corrected chi connectivity index (χ4v) is 2.79. The number of benzene rings is 1. The molecule has 24 heavy (non-hydrogen) atoms. The minimum atomic E-state index is 0.670. The van der Waals surface area contributed by atoms with Crippen LogP contribution in [0.1, 0.15) is 39.0 Å². The number of hydrogen-bond acceptors (Lipinski definition) is 2. The lowest BCUT2D eigenvalue weighted by Crippen LogP contribution is -2.32. The lowest BCUT2D eigenvalue weighted by molar-refractivity contribution is -0.697. The lowest BCUT2D eigenvalue weighted by Gasteiger charge is -1.99. The predicted octanol–water partition coefficient (Wildman–Crippen LogP) is 5.27. The van der Waals surface area contributed by atoms with E-state index < -0.39 is 0 Å². The number of aryl methyl sites for hydroxylation is 1. The van der Waals surface area contributed by atoms with Crippen molar-refractivity contribution in [3.05, 3.63) is 61.1 Å². The van der Waals surface area contributed by atoms with E-state index >= 15 is 0 Å². The highest BCUT2D eigenvalue weighted by Crippen LogP contribution is 2.25. The first kappa shape index (κ1) is 16.4. The maximum absolute atomic E-state index is 5.90. The molecule has 0 aliphatic rings. The summed E-state index contributed by atoms with van der Waals surface area (Å²) in [5, 5.41) is 0. The zero-order valence-electron chi connectivity index (χ0n) is 14.3. The van der Waals surface area contributed by atoms with Gasteiger partial charge < -0.3 is 4.42 Å². The first-order chi connectivity index (χ1) is 11.9. The van der Waals surface area contributed by atoms with Crippen LogP contribution in [0.5, 0.6) is 0 Å². The molecule has 0 fully saturated rings. The van der Waals surface area contributed by atoms with Gasteiger partial charge in [0, 0.05) is 29.7 Å². The number of oxazole rings is 1. The first-order valence-corrected chi connectivity index (χ1v) is 8.87. The summed E-state index contributed by atoms with van der Waals surface area (Å²) in [5.74, 6) is 1.47. The van der Waals surface area contributed by atoms with Gasteiger partial charge in [0.1, 0.15) is 6.54 Å². The summed E-state index contributed by atoms with van der Waals surface area (Å²) in [5.41, 5.74) is 2.06. The number of nitrogens with zero attached hydrogens (tertiary/aromatic N) is 2. The van der Waals surface area contributed by atoms with Crippen molar-refractivity contribution in [2.45, 2.75) is 45.6 Å². The van der Waals surface area contributed by atoms with Gasteiger partial charge in [-0.25, -0.2) is 9.55 Å². The molecular formula is C21H25N2O+. The van der Waals surface area contributed by atoms with Gasteiger partial charge >= 0.3 is 0 Å². The topological polar surface area (TPSA) is 29.9 Å². The second-order valence-corrected chi connectivity index (χ2v) is 6.13. The van der Waals surface area contributed by atoms with Crippen LogP contribution in [-0.2, 0) is 6.54 Å². The molecule has 1 aromatic carbocycles. The van der Waals surface area contributed by atoms with E-state index in [4.69, 9.17) is 4.42 Å². The number of rotatable bonds is 8. The standard InChI is InChI=1S/C21H25N2O/c1-2-3-4-5-9-14-23-15-12-19(13-16-23)21-22-17-20(24-21)18-10-7-6-8-11-18/h6-8,10-13,15-17H,2-5,9,14H2,1H3/q+1. The average molecular weight is 321 g/mol. The summed E-state index contributed by atoms with van der Waals surface area (Å²) in [6, 6.07) is 14.2. The molecule has 3 aromatic rings. The smallest absolute Gasteiger partial charge is 0.227 e. The normalized spacial score (nSPS) is 10.9. The van der Waals surface area contributed by atoms with Gasteiger partial charge in [-0.3, -0.25) is 0 Å². The van der Waals surface area contributed by atoms with Crippen LogP contribution in [0.3, 0.4) is 0 Å². The number of unbranched alkanes of at least 4 members (excludes halogenated alkanes) is 4. The molecule has 2 heterocycles. The van der Waals surface area contributed by atoms with E-state index in [2.05, 4.69) is 41.0 Å². The summed E-state index contributed by atoms with van der Waals surface area (Å²) in [7, 11) is 0. The van der Waals surface area contributed by atoms with Crippen LogP contribution in [0.25, 0.3) is 22.8 Å². The highest BCUT2D eigenvalue weighted by atomic mass is 16.4. The Morgan fingerprint density at radius 2 is 1.62 bits per heavy atom. The van der Waals surface area contributed by atoms with Crippen molar-refractivity contribution >= 4 is 0 Å². The molecule has 0 saturated heterocycles. The monoisotopic (exact) mass is 321 g/mol. The van der Waals surface area contributed by atoms with E-state index in [1.807, 2.05) is 30.3 Å². The van der Waals surface area contributed by atoms with Gasteiger partial charge in [-0.2, -0.15) is 0 Å². The summed E-state index contributed by atoms with van der Waals surface area (Å²) in [6.07, 6.45) is 12.5. The van der Waals surface area contributed by atoms with Crippen molar-refractivity contribution in [3.8, 4) is 22.8 Å². The molecule has 0 saturated carbocycles. The van der Waals surface area contributed by atoms with Gasteiger partial charge in [-0.1, -0.05) is 56.5 Å². The third kappa shape index (κ3) is 4.31. The first-order valence-electron chi connectivity index (χ1n) is 8.87. The molecule has 0 amide bonds. The summed E-state index contributed by atoms with van der Waals surface area (Å²) in [6.45, 7) is 3.32. The molecule has 0 bridgehead atoms. The van der Waals surface area contributed by atoms with Gasteiger partial charge in [0.05, 0.1) is 6.20 Å². The summed E-state index contributed by atoms with van der Waals surface area (Å²) in [4.78, 5) is 4.41. The molecular weight excluding hydrogens is 296 g/mol. The van der Waals surface area contributed by atoms with Crippen molar-refractivity contribution < 1.29 is 8.98 Å². The largest absolute Gasteiger partial charge is 0.436 e. The lowest BCUT2D eigenvalue weighted by atomic mass is 10.1. The summed E-state index contributed by atoms with van der Waals surface area (Å²) < 4.78 is 8.13. The quantitative estimate of drug-likeness (QED) is 0.418. The average Bonchev–Trinajstić information content (AvgIpc) is 3.13. The fourth-order valence-electron chi connectivity index (χ4n) is 2.79. The Kier molecular flexibility index (Phi) is 5.78. The van der Waals surface area contributed by atoms with Crippen molar-refractivity contribution in [1.82, 2.24) is 4.98 Å². The Labute approximate surface area is 144 Å². The molecule has 3 nitrogen and oxygen atoms in total. The third-order valence-electron chi connectivity index (χ3n) is 4.22. The molecule has 3 rings (SSSR count). The van der Waals surface area contributed by atoms with Gasteiger partial charge in [-0.15, -0.1) is 0 Å². The van der Waals surface area contributed by atoms with Crippen LogP contribution in [0.2, 0.25) is 0 Å². The molecule has 0 atom stereocenters. The second-order valence-electron chi connectivity index (χ2n) is 6.13. The zero-order chi connectivity index (χ0) is 16.6. The van der Waals surface area contributed by atoms with Crippen LogP contribution < -0.4 is 4.57 Å². The molecule has 0 radical (unpaired) electrons. The van der Waals surface area contributed by atoms with Crippen molar-refractivity contribution in [2.24, 2.45) is 0 Å². The van der Waals surface area contributed by atoms with Gasteiger partial charge in [0.25, 0.3) is 0 Å². The maximum atomic E-state index is 5.90. The van der Waals surface area contributed by atoms with E-state index in [1.54, 1.807) is 6.20 Å². The number of pyridine rings is 1. The van der Waals surface area contributed by atoms with E-state index in [0.29, 0.717) is 5.89 Å². The Morgan fingerprint density at radius 3 is 2.38 bits per heavy atom. The van der Waals surface area contributed by atoms with Crippen LogP contribution in [0.15, 0.2) is 65.5 Å². The van der Waals surface area contributed by atoms with Gasteiger partial charge in [0.15, 0.2) is 18.2 Å². The Bertz CT molecular complexity index is 732. The second kappa shape index (κ2) is 8.44. The molecule has 0 spiro atoms.